The van der Waals surface area contributed by atoms with Crippen LogP contribution < -0.4 is 9.47 Å². The van der Waals surface area contributed by atoms with Gasteiger partial charge in [-0.15, -0.1) is 0 Å². The summed E-state index contributed by atoms with van der Waals surface area (Å²) in [4.78, 5) is 10.6. The fourth-order valence-corrected chi connectivity index (χ4v) is 2.12. The molecule has 5 heteroatoms. The Hall–Kier alpha value is -1.36. The zero-order chi connectivity index (χ0) is 12.3. The molecule has 0 bridgehead atoms. The molecule has 0 aromatic heterocycles. The summed E-state index contributed by atoms with van der Waals surface area (Å²) < 4.78 is 11.0. The summed E-state index contributed by atoms with van der Waals surface area (Å²) in [6.45, 7) is 0. The second-order valence-corrected chi connectivity index (χ2v) is 4.91. The van der Waals surface area contributed by atoms with Crippen LogP contribution >= 0.6 is 11.8 Å². The number of thioether (sulfide) groups is 1. The molecule has 0 saturated carbocycles. The van der Waals surface area contributed by atoms with Gasteiger partial charge in [-0.3, -0.25) is 4.79 Å². The Morgan fingerprint density at radius 3 is 2.76 bits per heavy atom. The van der Waals surface area contributed by atoms with Gasteiger partial charge >= 0.3 is 5.97 Å². The van der Waals surface area contributed by atoms with Crippen LogP contribution in [0.15, 0.2) is 18.2 Å². The summed E-state index contributed by atoms with van der Waals surface area (Å²) in [6.07, 6.45) is 0.245. The minimum absolute atomic E-state index is 0.00405. The van der Waals surface area contributed by atoms with E-state index in [1.165, 1.54) is 0 Å². The number of hydrogen-bond acceptors (Lipinski definition) is 4. The third-order valence-corrected chi connectivity index (χ3v) is 3.70. The standard InChI is InChI=1S/C12H14O4S/c1-15-11-4-8(5-12(13)14)2-3-10(11)16-9-6-17-7-9/h2-4,9H,5-7H2,1H3,(H,13,14). The summed E-state index contributed by atoms with van der Waals surface area (Å²) in [7, 11) is 1.56. The van der Waals surface area contributed by atoms with Gasteiger partial charge in [0.25, 0.3) is 0 Å². The fourth-order valence-electron chi connectivity index (χ4n) is 1.56. The molecule has 17 heavy (non-hydrogen) atoms. The van der Waals surface area contributed by atoms with Gasteiger partial charge in [-0.05, 0) is 17.7 Å². The Morgan fingerprint density at radius 1 is 1.47 bits per heavy atom. The zero-order valence-electron chi connectivity index (χ0n) is 9.51. The number of carboxylic acids is 1. The third kappa shape index (κ3) is 3.06. The number of rotatable bonds is 5. The van der Waals surface area contributed by atoms with Crippen molar-refractivity contribution in [1.82, 2.24) is 0 Å². The van der Waals surface area contributed by atoms with Gasteiger partial charge < -0.3 is 14.6 Å². The highest BCUT2D eigenvalue weighted by molar-refractivity contribution is 8.00. The molecule has 1 aromatic carbocycles. The van der Waals surface area contributed by atoms with Crippen molar-refractivity contribution in [3.8, 4) is 11.5 Å². The molecule has 0 atom stereocenters. The number of ether oxygens (including phenoxy) is 2. The second-order valence-electron chi connectivity index (χ2n) is 3.83. The quantitative estimate of drug-likeness (QED) is 0.868. The van der Waals surface area contributed by atoms with Crippen molar-refractivity contribution >= 4 is 17.7 Å². The van der Waals surface area contributed by atoms with Gasteiger partial charge in [0, 0.05) is 11.5 Å². The first-order valence-electron chi connectivity index (χ1n) is 5.32. The molecule has 1 heterocycles. The van der Waals surface area contributed by atoms with Crippen LogP contribution in [0.4, 0.5) is 0 Å². The molecule has 1 aromatic rings. The summed E-state index contributed by atoms with van der Waals surface area (Å²) in [5.41, 5.74) is 0.713. The first-order valence-corrected chi connectivity index (χ1v) is 6.47. The predicted octanol–water partition coefficient (Wildman–Crippen LogP) is 1.82. The number of carboxylic acid groups (broad SMARTS) is 1. The van der Waals surface area contributed by atoms with Crippen molar-refractivity contribution in [3.63, 3.8) is 0 Å². The first kappa shape index (κ1) is 12.1. The van der Waals surface area contributed by atoms with Crippen LogP contribution in [0.5, 0.6) is 11.5 Å². The van der Waals surface area contributed by atoms with Gasteiger partial charge in [0.1, 0.15) is 6.10 Å². The van der Waals surface area contributed by atoms with E-state index in [2.05, 4.69) is 0 Å². The number of aliphatic carboxylic acids is 1. The van der Waals surface area contributed by atoms with Gasteiger partial charge in [-0.1, -0.05) is 6.07 Å². The van der Waals surface area contributed by atoms with Crippen LogP contribution in [-0.4, -0.2) is 35.8 Å². The van der Waals surface area contributed by atoms with E-state index in [1.807, 2.05) is 11.8 Å². The van der Waals surface area contributed by atoms with Crippen molar-refractivity contribution in [1.29, 1.82) is 0 Å². The number of benzene rings is 1. The van der Waals surface area contributed by atoms with Crippen molar-refractivity contribution in [2.24, 2.45) is 0 Å². The minimum Gasteiger partial charge on any atom is -0.493 e. The normalized spacial score (nSPS) is 15.1. The molecule has 0 unspecified atom stereocenters. The molecule has 1 fully saturated rings. The molecule has 1 saturated heterocycles. The van der Waals surface area contributed by atoms with Crippen LogP contribution in [0.3, 0.4) is 0 Å². The van der Waals surface area contributed by atoms with Crippen molar-refractivity contribution in [2.45, 2.75) is 12.5 Å². The van der Waals surface area contributed by atoms with E-state index in [0.717, 1.165) is 11.5 Å². The van der Waals surface area contributed by atoms with Crippen molar-refractivity contribution in [2.75, 3.05) is 18.6 Å². The molecule has 0 aliphatic carbocycles. The Kier molecular flexibility index (Phi) is 3.78. The highest BCUT2D eigenvalue weighted by Crippen LogP contribution is 2.32. The Balaban J connectivity index is 2.12. The molecule has 92 valence electrons. The largest absolute Gasteiger partial charge is 0.493 e. The van der Waals surface area contributed by atoms with E-state index in [1.54, 1.807) is 25.3 Å². The van der Waals surface area contributed by atoms with Crippen molar-refractivity contribution in [3.05, 3.63) is 23.8 Å². The lowest BCUT2D eigenvalue weighted by molar-refractivity contribution is -0.136. The maximum atomic E-state index is 10.6. The second kappa shape index (κ2) is 5.31. The van der Waals surface area contributed by atoms with Crippen LogP contribution in [0.1, 0.15) is 5.56 Å². The van der Waals surface area contributed by atoms with Crippen molar-refractivity contribution < 1.29 is 19.4 Å². The van der Waals surface area contributed by atoms with E-state index in [0.29, 0.717) is 17.1 Å². The lowest BCUT2D eigenvalue weighted by Crippen LogP contribution is -2.31. The maximum Gasteiger partial charge on any atom is 0.307 e. The first-order chi connectivity index (χ1) is 8.19. The van der Waals surface area contributed by atoms with E-state index in [9.17, 15) is 4.79 Å². The lowest BCUT2D eigenvalue weighted by atomic mass is 10.1. The molecule has 1 N–H and O–H groups in total. The maximum absolute atomic E-state index is 10.6. The molecule has 0 radical (unpaired) electrons. The Labute approximate surface area is 104 Å². The highest BCUT2D eigenvalue weighted by atomic mass is 32.2. The highest BCUT2D eigenvalue weighted by Gasteiger charge is 2.21. The van der Waals surface area contributed by atoms with E-state index >= 15 is 0 Å². The average Bonchev–Trinajstić information content (AvgIpc) is 2.23. The Bertz CT molecular complexity index is 415. The van der Waals surface area contributed by atoms with E-state index < -0.39 is 5.97 Å². The van der Waals surface area contributed by atoms with Crippen LogP contribution in [0, 0.1) is 0 Å². The molecule has 2 rings (SSSR count). The molecule has 1 aliphatic rings. The number of hydrogen-bond donors (Lipinski definition) is 1. The van der Waals surface area contributed by atoms with E-state index in [-0.39, 0.29) is 12.5 Å². The SMILES string of the molecule is COc1cc(CC(=O)O)ccc1OC1CSC1. The molecule has 1 aliphatic heterocycles. The summed E-state index contributed by atoms with van der Waals surface area (Å²) in [6, 6.07) is 5.26. The van der Waals surface area contributed by atoms with Gasteiger partial charge in [0.05, 0.1) is 13.5 Å². The molecular weight excluding hydrogens is 240 g/mol. The minimum atomic E-state index is -0.851. The number of carbonyl (C=O) groups is 1. The van der Waals surface area contributed by atoms with Gasteiger partial charge in [-0.2, -0.15) is 11.8 Å². The predicted molar refractivity (Wildman–Crippen MR) is 66.1 cm³/mol. The Morgan fingerprint density at radius 2 is 2.24 bits per heavy atom. The summed E-state index contributed by atoms with van der Waals surface area (Å²) >= 11 is 1.85. The fraction of sp³-hybridized carbons (Fsp3) is 0.417. The van der Waals surface area contributed by atoms with Crippen LogP contribution in [0.2, 0.25) is 0 Å². The van der Waals surface area contributed by atoms with Gasteiger partial charge in [0.2, 0.25) is 0 Å². The summed E-state index contributed by atoms with van der Waals surface area (Å²) in [5.74, 6) is 2.43. The summed E-state index contributed by atoms with van der Waals surface area (Å²) in [5, 5.41) is 8.72. The molecule has 0 spiro atoms. The van der Waals surface area contributed by atoms with E-state index in [4.69, 9.17) is 14.6 Å². The molecule has 0 amide bonds. The smallest absolute Gasteiger partial charge is 0.307 e. The van der Waals surface area contributed by atoms with Crippen LogP contribution in [0.25, 0.3) is 0 Å². The average molecular weight is 254 g/mol. The van der Waals surface area contributed by atoms with Gasteiger partial charge in [0.15, 0.2) is 11.5 Å². The third-order valence-electron chi connectivity index (χ3n) is 2.48. The van der Waals surface area contributed by atoms with Gasteiger partial charge in [-0.25, -0.2) is 0 Å². The molecular formula is C12H14O4S. The van der Waals surface area contributed by atoms with Crippen LogP contribution in [-0.2, 0) is 11.2 Å². The number of methoxy groups -OCH3 is 1. The zero-order valence-corrected chi connectivity index (χ0v) is 10.3. The monoisotopic (exact) mass is 254 g/mol. The lowest BCUT2D eigenvalue weighted by Gasteiger charge is -2.26. The topological polar surface area (TPSA) is 55.8 Å². The molecule has 4 nitrogen and oxygen atoms in total.